The molecule has 5 rings (SSSR count). The summed E-state index contributed by atoms with van der Waals surface area (Å²) in [6, 6.07) is 22.3. The van der Waals surface area contributed by atoms with E-state index in [1.807, 2.05) is 60.7 Å². The van der Waals surface area contributed by atoms with E-state index in [1.54, 1.807) is 17.0 Å². The van der Waals surface area contributed by atoms with Crippen LogP contribution in [-0.2, 0) is 16.0 Å². The van der Waals surface area contributed by atoms with Crippen molar-refractivity contribution in [2.45, 2.75) is 28.6 Å². The van der Waals surface area contributed by atoms with Crippen molar-refractivity contribution in [1.82, 2.24) is 10.2 Å². The largest absolute Gasteiger partial charge is 0.493 e. The molecule has 0 spiro atoms. The Morgan fingerprint density at radius 1 is 1.00 bits per heavy atom. The monoisotopic (exact) mass is 688 g/mol. The highest BCUT2D eigenvalue weighted by Crippen LogP contribution is 2.38. The van der Waals surface area contributed by atoms with Crippen molar-refractivity contribution in [2.75, 3.05) is 56.2 Å². The van der Waals surface area contributed by atoms with Gasteiger partial charge < -0.3 is 20.1 Å². The van der Waals surface area contributed by atoms with Crippen LogP contribution in [-0.4, -0.2) is 72.2 Å². The van der Waals surface area contributed by atoms with E-state index < -0.39 is 15.2 Å². The van der Waals surface area contributed by atoms with Crippen LogP contribution < -0.4 is 20.3 Å². The zero-order valence-electron chi connectivity index (χ0n) is 25.2. The van der Waals surface area contributed by atoms with Crippen LogP contribution in [0.15, 0.2) is 90.5 Å². The third-order valence-corrected chi connectivity index (χ3v) is 8.34. The maximum Gasteiger partial charge on any atom is 0.326 e. The summed E-state index contributed by atoms with van der Waals surface area (Å²) in [5.41, 5.74) is 2.07. The van der Waals surface area contributed by atoms with Crippen LogP contribution in [0.4, 0.5) is 20.6 Å². The molecule has 0 bridgehead atoms. The summed E-state index contributed by atoms with van der Waals surface area (Å²) >= 11 is 17.6. The van der Waals surface area contributed by atoms with E-state index in [4.69, 9.17) is 44.3 Å². The van der Waals surface area contributed by atoms with Crippen LogP contribution in [0.5, 0.6) is 5.75 Å². The zero-order chi connectivity index (χ0) is 32.6. The van der Waals surface area contributed by atoms with E-state index in [0.29, 0.717) is 36.6 Å². The number of carbonyl (C=O) groups is 2. The SMILES string of the molecule is O=C(Nc1ccccc1)N(CC1=CC(Cc2ccc(F)cc2)(NC(=O)C(Cl)(Cl)Cl)C1)c1cccc(OCCCN2CCOCC2)c1. The summed E-state index contributed by atoms with van der Waals surface area (Å²) in [5.74, 6) is -0.483. The number of ether oxygens (including phenoxy) is 2. The minimum absolute atomic E-state index is 0.230. The summed E-state index contributed by atoms with van der Waals surface area (Å²) < 4.78 is 22.9. The minimum Gasteiger partial charge on any atom is -0.493 e. The topological polar surface area (TPSA) is 83.1 Å². The van der Waals surface area contributed by atoms with Crippen LogP contribution >= 0.6 is 34.8 Å². The van der Waals surface area contributed by atoms with E-state index in [9.17, 15) is 14.0 Å². The van der Waals surface area contributed by atoms with Crippen molar-refractivity contribution < 1.29 is 23.5 Å². The number of urea groups is 1. The molecule has 1 saturated heterocycles. The number of amides is 3. The molecule has 244 valence electrons. The van der Waals surface area contributed by atoms with Gasteiger partial charge in [0.25, 0.3) is 9.70 Å². The number of carbonyl (C=O) groups excluding carboxylic acids is 2. The summed E-state index contributed by atoms with van der Waals surface area (Å²) in [4.78, 5) is 30.4. The van der Waals surface area contributed by atoms with Crippen molar-refractivity contribution in [3.63, 3.8) is 0 Å². The van der Waals surface area contributed by atoms with Gasteiger partial charge in [0, 0.05) is 43.6 Å². The number of morpholine rings is 1. The van der Waals surface area contributed by atoms with E-state index in [2.05, 4.69) is 15.5 Å². The Balaban J connectivity index is 1.33. The number of nitrogens with one attached hydrogen (secondary N) is 2. The molecule has 0 aromatic heterocycles. The lowest BCUT2D eigenvalue weighted by Gasteiger charge is -2.43. The smallest absolute Gasteiger partial charge is 0.326 e. The van der Waals surface area contributed by atoms with Crippen LogP contribution in [0.25, 0.3) is 0 Å². The highest BCUT2D eigenvalue weighted by Gasteiger charge is 2.43. The third kappa shape index (κ3) is 9.59. The Morgan fingerprint density at radius 2 is 1.72 bits per heavy atom. The predicted octanol–water partition coefficient (Wildman–Crippen LogP) is 6.76. The molecule has 3 amide bonds. The summed E-state index contributed by atoms with van der Waals surface area (Å²) in [6.45, 7) is 5.06. The Hall–Kier alpha value is -3.34. The second kappa shape index (κ2) is 15.5. The molecule has 8 nitrogen and oxygen atoms in total. The second-order valence-corrected chi connectivity index (χ2v) is 13.7. The summed E-state index contributed by atoms with van der Waals surface area (Å²) in [7, 11) is 0. The predicted molar refractivity (Wildman–Crippen MR) is 181 cm³/mol. The van der Waals surface area contributed by atoms with Gasteiger partial charge in [0.2, 0.25) is 0 Å². The van der Waals surface area contributed by atoms with Crippen molar-refractivity contribution in [3.8, 4) is 5.75 Å². The van der Waals surface area contributed by atoms with E-state index in [1.165, 1.54) is 12.1 Å². The lowest BCUT2D eigenvalue weighted by molar-refractivity contribution is -0.121. The minimum atomic E-state index is -2.16. The van der Waals surface area contributed by atoms with Crippen LogP contribution in [0, 0.1) is 5.82 Å². The standard InChI is InChI=1S/C34H36Cl3FN4O4/c35-34(36,37)31(43)40-33(21-25-10-12-27(38)13-11-25)22-26(23-33)24-42(32(44)39-28-6-2-1-3-7-28)29-8-4-9-30(20-29)46-17-5-14-41-15-18-45-19-16-41/h1-4,6-13,20,22H,5,14-19,21,23-24H2,(H,39,44)(H,40,43). The summed E-state index contributed by atoms with van der Waals surface area (Å²) in [6.07, 6.45) is 3.46. The molecule has 2 N–H and O–H groups in total. The number of nitrogens with zero attached hydrogens (tertiary/aromatic N) is 2. The number of hydrogen-bond donors (Lipinski definition) is 2. The van der Waals surface area contributed by atoms with Crippen molar-refractivity contribution in [2.24, 2.45) is 0 Å². The Labute approximate surface area is 283 Å². The lowest BCUT2D eigenvalue weighted by Crippen LogP contribution is -2.57. The fourth-order valence-corrected chi connectivity index (χ4v) is 5.75. The maximum absolute atomic E-state index is 13.7. The van der Waals surface area contributed by atoms with Gasteiger partial charge in [-0.25, -0.2) is 9.18 Å². The van der Waals surface area contributed by atoms with Crippen molar-refractivity contribution in [3.05, 3.63) is 102 Å². The molecule has 0 radical (unpaired) electrons. The molecule has 1 aliphatic carbocycles. The second-order valence-electron chi connectivity index (χ2n) is 11.4. The van der Waals surface area contributed by atoms with E-state index >= 15 is 0 Å². The molecule has 12 heteroatoms. The quantitative estimate of drug-likeness (QED) is 0.125. The van der Waals surface area contributed by atoms with Crippen LogP contribution in [0.2, 0.25) is 0 Å². The first-order chi connectivity index (χ1) is 22.1. The summed E-state index contributed by atoms with van der Waals surface area (Å²) in [5, 5.41) is 5.82. The number of halogens is 4. The van der Waals surface area contributed by atoms with Gasteiger partial charge in [-0.2, -0.15) is 0 Å². The lowest BCUT2D eigenvalue weighted by atomic mass is 9.74. The fourth-order valence-electron chi connectivity index (χ4n) is 5.61. The van der Waals surface area contributed by atoms with Gasteiger partial charge in [0.1, 0.15) is 11.6 Å². The van der Waals surface area contributed by atoms with Gasteiger partial charge in [0.15, 0.2) is 0 Å². The van der Waals surface area contributed by atoms with Crippen LogP contribution in [0.1, 0.15) is 18.4 Å². The van der Waals surface area contributed by atoms with E-state index in [0.717, 1.165) is 50.4 Å². The average Bonchev–Trinajstić information content (AvgIpc) is 3.02. The molecule has 1 aliphatic heterocycles. The van der Waals surface area contributed by atoms with Gasteiger partial charge >= 0.3 is 6.03 Å². The Kier molecular flexibility index (Phi) is 11.5. The zero-order valence-corrected chi connectivity index (χ0v) is 27.5. The first kappa shape index (κ1) is 34.0. The van der Waals surface area contributed by atoms with Gasteiger partial charge in [-0.05, 0) is 66.8 Å². The molecule has 1 unspecified atom stereocenters. The first-order valence-corrected chi connectivity index (χ1v) is 16.2. The number of rotatable bonds is 12. The van der Waals surface area contributed by atoms with Crippen LogP contribution in [0.3, 0.4) is 0 Å². The van der Waals surface area contributed by atoms with Gasteiger partial charge in [0.05, 0.1) is 25.4 Å². The molecular weight excluding hydrogens is 654 g/mol. The number of anilines is 2. The molecule has 1 heterocycles. The van der Waals surface area contributed by atoms with Gasteiger partial charge in [-0.3, -0.25) is 14.6 Å². The molecule has 0 saturated carbocycles. The molecule has 3 aromatic rings. The molecule has 3 aromatic carbocycles. The Bertz CT molecular complexity index is 1510. The maximum atomic E-state index is 13.7. The molecule has 1 fully saturated rings. The van der Waals surface area contributed by atoms with Gasteiger partial charge in [-0.15, -0.1) is 0 Å². The highest BCUT2D eigenvalue weighted by atomic mass is 35.6. The number of hydrogen-bond acceptors (Lipinski definition) is 5. The first-order valence-electron chi connectivity index (χ1n) is 15.1. The fraction of sp³-hybridized carbons (Fsp3) is 0.353. The van der Waals surface area contributed by atoms with Gasteiger partial charge in [-0.1, -0.05) is 77.3 Å². The number of para-hydroxylation sites is 1. The molecular formula is C34H36Cl3FN4O4. The van der Waals surface area contributed by atoms with E-state index in [-0.39, 0.29) is 18.4 Å². The molecule has 1 atom stereocenters. The number of benzene rings is 3. The van der Waals surface area contributed by atoms with Crippen molar-refractivity contribution in [1.29, 1.82) is 0 Å². The average molecular weight is 690 g/mol. The molecule has 2 aliphatic rings. The third-order valence-electron chi connectivity index (χ3n) is 7.83. The highest BCUT2D eigenvalue weighted by molar-refractivity contribution is 6.76. The van der Waals surface area contributed by atoms with Crippen molar-refractivity contribution >= 4 is 58.1 Å². The Morgan fingerprint density at radius 3 is 2.41 bits per heavy atom. The normalized spacial score (nSPS) is 18.2. The molecule has 46 heavy (non-hydrogen) atoms. The number of alkyl halides is 3.